The van der Waals surface area contributed by atoms with Crippen LogP contribution in [0.5, 0.6) is 0 Å². The van der Waals surface area contributed by atoms with Crippen molar-refractivity contribution in [2.75, 3.05) is 21.3 Å². The zero-order chi connectivity index (χ0) is 24.0. The Balaban J connectivity index is -0.0000000144. The zero-order valence-corrected chi connectivity index (χ0v) is 19.9. The third kappa shape index (κ3) is 9800. The Kier molecular flexibility index (Phi) is 175. The zero-order valence-electron chi connectivity index (χ0n) is 19.9. The summed E-state index contributed by atoms with van der Waals surface area (Å²) < 4.78 is 35.3. The Morgan fingerprint density at radius 2 is 0.828 bits per heavy atom. The number of hydrogen-bond acceptors (Lipinski definition) is 3. The predicted molar refractivity (Wildman–Crippen MR) is 131 cm³/mol. The van der Waals surface area contributed by atoms with Crippen LogP contribution in [-0.2, 0) is 4.74 Å². The first-order valence-corrected chi connectivity index (χ1v) is 8.48. The van der Waals surface area contributed by atoms with Crippen molar-refractivity contribution in [1.29, 1.82) is 0 Å². The standard InChI is InChI=1S/C5H12.C3H4.C2H3F3.C2H6O.3C2H6.CH3NO2.3CH4/c1-5(2,3)4;1-3-2;1-2(3,4)5;1-3-2;3*1-2;1-2(3)4;;;/h1-4H3;1H,2H3;1H3;1-2H3;3*1-2H3;1H3;3*1H4. The van der Waals surface area contributed by atoms with E-state index >= 15 is 0 Å². The number of hydrogen-bond donors (Lipinski definition) is 0. The van der Waals surface area contributed by atoms with E-state index in [-0.39, 0.29) is 29.2 Å². The summed E-state index contributed by atoms with van der Waals surface area (Å²) in [5.41, 5.74) is 0.500. The number of halogens is 3. The summed E-state index contributed by atoms with van der Waals surface area (Å²) in [5.74, 6) is 2.25. The van der Waals surface area contributed by atoms with Gasteiger partial charge in [-0.15, -0.1) is 12.3 Å². The molecule has 0 N–H and O–H groups in total. The molecular weight excluding hydrogens is 383 g/mol. The van der Waals surface area contributed by atoms with E-state index < -0.39 is 11.1 Å². The fourth-order valence-corrected chi connectivity index (χ4v) is 0. The lowest BCUT2D eigenvalue weighted by Crippen LogP contribution is -1.95. The van der Waals surface area contributed by atoms with E-state index in [2.05, 4.69) is 44.8 Å². The lowest BCUT2D eigenvalue weighted by atomic mass is 10.0. The van der Waals surface area contributed by atoms with Gasteiger partial charge in [-0.1, -0.05) is 91.5 Å². The Morgan fingerprint density at radius 1 is 0.828 bits per heavy atom. The highest BCUT2D eigenvalue weighted by Gasteiger charge is 2.15. The summed E-state index contributed by atoms with van der Waals surface area (Å²) in [7, 11) is 4.14. The van der Waals surface area contributed by atoms with Crippen LogP contribution in [0.4, 0.5) is 13.2 Å². The highest BCUT2D eigenvalue weighted by Crippen LogP contribution is 2.10. The Labute approximate surface area is 184 Å². The number of ether oxygens (including phenoxy) is 1. The van der Waals surface area contributed by atoms with Crippen LogP contribution >= 0.6 is 0 Å². The maximum absolute atomic E-state index is 10.4. The van der Waals surface area contributed by atoms with Crippen LogP contribution < -0.4 is 0 Å². The maximum atomic E-state index is 10.4. The molecule has 0 radical (unpaired) electrons. The number of nitro groups is 1. The van der Waals surface area contributed by atoms with E-state index in [1.807, 2.05) is 41.5 Å². The molecule has 0 aliphatic carbocycles. The van der Waals surface area contributed by atoms with Gasteiger partial charge in [0.1, 0.15) is 0 Å². The molecule has 0 aliphatic heterocycles. The Hall–Kier alpha value is -1.29. The van der Waals surface area contributed by atoms with Crippen molar-refractivity contribution in [3.8, 4) is 12.3 Å². The number of rotatable bonds is 0. The van der Waals surface area contributed by atoms with Crippen LogP contribution in [0.1, 0.15) is 105 Å². The molecule has 0 aromatic heterocycles. The van der Waals surface area contributed by atoms with E-state index in [1.165, 1.54) is 0 Å². The van der Waals surface area contributed by atoms with Crippen molar-refractivity contribution in [1.82, 2.24) is 0 Å². The van der Waals surface area contributed by atoms with Crippen LogP contribution in [-0.4, -0.2) is 32.4 Å². The normalized spacial score (nSPS) is 6.52. The van der Waals surface area contributed by atoms with Crippen molar-refractivity contribution in [2.45, 2.75) is 112 Å². The van der Waals surface area contributed by atoms with E-state index in [9.17, 15) is 13.2 Å². The van der Waals surface area contributed by atoms with Crippen LogP contribution in [0, 0.1) is 27.9 Å². The first kappa shape index (κ1) is 70.8. The SMILES string of the molecule is C.C.C.C#CC.CC.CC.CC.CC(C)(C)C.CC(F)(F)F.COC.C[N+](=O)[O-]. The molecule has 0 aliphatic rings. The molecule has 0 rings (SSSR count). The molecule has 0 fully saturated rings. The molecule has 0 bridgehead atoms. The molecule has 0 amide bonds. The molecule has 7 heteroatoms. The minimum atomic E-state index is -4.00. The van der Waals surface area contributed by atoms with Gasteiger partial charge < -0.3 is 4.74 Å². The molecular formula is C22H58F3NO3. The second-order valence-corrected chi connectivity index (χ2v) is 4.92. The summed E-state index contributed by atoms with van der Waals surface area (Å²) in [4.78, 5) is 8.31. The molecule has 4 nitrogen and oxygen atoms in total. The van der Waals surface area contributed by atoms with Gasteiger partial charge in [0.2, 0.25) is 0 Å². The smallest absolute Gasteiger partial charge is 0.386 e. The summed E-state index contributed by atoms with van der Waals surface area (Å²) in [6.45, 7) is 22.6. The first-order valence-electron chi connectivity index (χ1n) is 8.48. The second kappa shape index (κ2) is 71.5. The first-order chi connectivity index (χ1) is 11.6. The lowest BCUT2D eigenvalue weighted by Gasteiger charge is -2.05. The van der Waals surface area contributed by atoms with Crippen LogP contribution in [0.15, 0.2) is 0 Å². The molecule has 0 unspecified atom stereocenters. The van der Waals surface area contributed by atoms with E-state index in [1.54, 1.807) is 21.1 Å². The fourth-order valence-electron chi connectivity index (χ4n) is 0. The number of methoxy groups -OCH3 is 1. The fraction of sp³-hybridized carbons (Fsp3) is 0.909. The molecule has 190 valence electrons. The maximum Gasteiger partial charge on any atom is 0.386 e. The third-order valence-corrected chi connectivity index (χ3v) is 0. The van der Waals surface area contributed by atoms with Crippen molar-refractivity contribution in [2.24, 2.45) is 5.41 Å². The number of alkyl halides is 3. The van der Waals surface area contributed by atoms with E-state index in [4.69, 9.17) is 10.1 Å². The molecule has 0 aromatic rings. The van der Waals surface area contributed by atoms with Gasteiger partial charge in [0.25, 0.3) is 0 Å². The van der Waals surface area contributed by atoms with Crippen LogP contribution in [0.3, 0.4) is 0 Å². The molecule has 0 spiro atoms. The molecule has 0 aromatic carbocycles. The number of terminal acetylenes is 1. The number of nitrogens with zero attached hydrogens (tertiary/aromatic N) is 1. The lowest BCUT2D eigenvalue weighted by molar-refractivity contribution is -0.445. The quantitative estimate of drug-likeness (QED) is 0.214. The molecule has 0 saturated heterocycles. The summed E-state index contributed by atoms with van der Waals surface area (Å²) in [6.07, 6.45) is 0.597. The average Bonchev–Trinajstić information content (AvgIpc) is 2.42. The average molecular weight is 442 g/mol. The summed E-state index contributed by atoms with van der Waals surface area (Å²) in [5, 5.41) is 8.81. The van der Waals surface area contributed by atoms with Gasteiger partial charge in [-0.05, 0) is 12.3 Å². The minimum absolute atomic E-state index is 0. The van der Waals surface area contributed by atoms with Crippen LogP contribution in [0.2, 0.25) is 0 Å². The molecule has 0 atom stereocenters. The molecule has 29 heavy (non-hydrogen) atoms. The van der Waals surface area contributed by atoms with Gasteiger partial charge >= 0.3 is 6.18 Å². The van der Waals surface area contributed by atoms with E-state index in [0.717, 1.165) is 7.05 Å². The Bertz CT molecular complexity index is 205. The summed E-state index contributed by atoms with van der Waals surface area (Å²) in [6, 6.07) is 0. The molecule has 0 heterocycles. The monoisotopic (exact) mass is 441 g/mol. The van der Waals surface area contributed by atoms with Gasteiger partial charge in [0, 0.05) is 26.1 Å². The topological polar surface area (TPSA) is 52.4 Å². The largest absolute Gasteiger partial charge is 0.388 e. The van der Waals surface area contributed by atoms with Crippen molar-refractivity contribution in [3.63, 3.8) is 0 Å². The van der Waals surface area contributed by atoms with Crippen molar-refractivity contribution < 1.29 is 22.8 Å². The van der Waals surface area contributed by atoms with Gasteiger partial charge in [-0.2, -0.15) is 13.2 Å². The highest BCUT2D eigenvalue weighted by atomic mass is 19.4. The van der Waals surface area contributed by atoms with Gasteiger partial charge in [0.05, 0.1) is 0 Å². The van der Waals surface area contributed by atoms with Crippen molar-refractivity contribution in [3.05, 3.63) is 10.1 Å². The Morgan fingerprint density at radius 3 is 0.828 bits per heavy atom. The third-order valence-electron chi connectivity index (χ3n) is 0. The van der Waals surface area contributed by atoms with Gasteiger partial charge in [0.15, 0.2) is 7.05 Å². The highest BCUT2D eigenvalue weighted by molar-refractivity contribution is 4.73. The predicted octanol–water partition coefficient (Wildman–Crippen LogP) is 9.40. The van der Waals surface area contributed by atoms with Gasteiger partial charge in [-0.3, -0.25) is 10.1 Å². The minimum Gasteiger partial charge on any atom is -0.388 e. The molecule has 0 saturated carbocycles. The van der Waals surface area contributed by atoms with Crippen molar-refractivity contribution >= 4 is 0 Å². The van der Waals surface area contributed by atoms with Gasteiger partial charge in [-0.25, -0.2) is 0 Å². The van der Waals surface area contributed by atoms with E-state index in [0.29, 0.717) is 5.41 Å². The second-order valence-electron chi connectivity index (χ2n) is 4.92. The summed E-state index contributed by atoms with van der Waals surface area (Å²) >= 11 is 0. The van der Waals surface area contributed by atoms with Crippen LogP contribution in [0.25, 0.3) is 0 Å².